The SMILES string of the molecule is COC[C@H]1CN(c2ccc(C3CCC(=O)NC3=O)c(F)c2)CCN1CC1CCC(N)CC1. The number of halogens is 1. The highest BCUT2D eigenvalue weighted by atomic mass is 19.1. The van der Waals surface area contributed by atoms with Crippen LogP contribution in [0.1, 0.15) is 50.0 Å². The number of carbonyl (C=O) groups excluding carboxylic acids is 2. The lowest BCUT2D eigenvalue weighted by atomic mass is 9.86. The molecule has 3 fully saturated rings. The number of piperidine rings is 1. The fraction of sp³-hybridized carbons (Fsp3) is 0.667. The third kappa shape index (κ3) is 5.30. The molecule has 2 saturated heterocycles. The Bertz CT molecular complexity index is 827. The van der Waals surface area contributed by atoms with Crippen molar-refractivity contribution in [2.75, 3.05) is 44.8 Å². The molecular formula is C24H35FN4O3. The van der Waals surface area contributed by atoms with Crippen molar-refractivity contribution >= 4 is 17.5 Å². The first-order chi connectivity index (χ1) is 15.4. The van der Waals surface area contributed by atoms with Gasteiger partial charge in [0.25, 0.3) is 0 Å². The average Bonchev–Trinajstić information content (AvgIpc) is 2.77. The van der Waals surface area contributed by atoms with Crippen LogP contribution in [0, 0.1) is 11.7 Å². The molecule has 2 atom stereocenters. The number of piperazine rings is 1. The number of rotatable bonds is 6. The summed E-state index contributed by atoms with van der Waals surface area (Å²) in [5.74, 6) is -1.01. The molecule has 1 saturated carbocycles. The fourth-order valence-corrected chi connectivity index (χ4v) is 5.41. The van der Waals surface area contributed by atoms with Crippen LogP contribution in [0.3, 0.4) is 0 Å². The monoisotopic (exact) mass is 446 g/mol. The van der Waals surface area contributed by atoms with Crippen LogP contribution in [0.15, 0.2) is 18.2 Å². The molecule has 7 nitrogen and oxygen atoms in total. The third-order valence-electron chi connectivity index (χ3n) is 7.31. The van der Waals surface area contributed by atoms with Crippen LogP contribution in [0.5, 0.6) is 0 Å². The van der Waals surface area contributed by atoms with Crippen LogP contribution in [0.2, 0.25) is 0 Å². The van der Waals surface area contributed by atoms with Crippen LogP contribution in [-0.4, -0.2) is 68.7 Å². The topological polar surface area (TPSA) is 87.9 Å². The largest absolute Gasteiger partial charge is 0.383 e. The van der Waals surface area contributed by atoms with E-state index in [0.717, 1.165) is 44.7 Å². The summed E-state index contributed by atoms with van der Waals surface area (Å²) in [6.07, 6.45) is 5.19. The molecule has 0 aromatic heterocycles. The summed E-state index contributed by atoms with van der Waals surface area (Å²) in [4.78, 5) is 28.3. The number of anilines is 1. The van der Waals surface area contributed by atoms with Gasteiger partial charge in [-0.1, -0.05) is 6.07 Å². The van der Waals surface area contributed by atoms with E-state index in [4.69, 9.17) is 10.5 Å². The summed E-state index contributed by atoms with van der Waals surface area (Å²) in [7, 11) is 1.73. The van der Waals surface area contributed by atoms with Gasteiger partial charge < -0.3 is 15.4 Å². The van der Waals surface area contributed by atoms with Crippen molar-refractivity contribution in [1.82, 2.24) is 10.2 Å². The number of amides is 2. The maximum atomic E-state index is 15.0. The van der Waals surface area contributed by atoms with Crippen LogP contribution in [0.25, 0.3) is 0 Å². The Balaban J connectivity index is 1.41. The normalized spacial score (nSPS) is 29.8. The van der Waals surface area contributed by atoms with Crippen molar-refractivity contribution in [3.8, 4) is 0 Å². The first-order valence-electron chi connectivity index (χ1n) is 11.8. The van der Waals surface area contributed by atoms with Crippen LogP contribution >= 0.6 is 0 Å². The minimum absolute atomic E-state index is 0.241. The zero-order valence-electron chi connectivity index (χ0n) is 18.9. The van der Waals surface area contributed by atoms with Crippen molar-refractivity contribution in [3.63, 3.8) is 0 Å². The molecule has 0 spiro atoms. The molecule has 4 rings (SSSR count). The van der Waals surface area contributed by atoms with E-state index in [1.807, 2.05) is 6.07 Å². The maximum Gasteiger partial charge on any atom is 0.234 e. The summed E-state index contributed by atoms with van der Waals surface area (Å²) in [6, 6.07) is 5.73. The van der Waals surface area contributed by atoms with Crippen molar-refractivity contribution in [2.45, 2.75) is 56.5 Å². The molecule has 0 bridgehead atoms. The summed E-state index contributed by atoms with van der Waals surface area (Å²) < 4.78 is 20.5. The molecule has 1 aliphatic carbocycles. The Labute approximate surface area is 189 Å². The Morgan fingerprint density at radius 3 is 2.62 bits per heavy atom. The van der Waals surface area contributed by atoms with E-state index in [9.17, 15) is 14.0 Å². The van der Waals surface area contributed by atoms with E-state index in [1.54, 1.807) is 13.2 Å². The Kier molecular flexibility index (Phi) is 7.43. The van der Waals surface area contributed by atoms with Gasteiger partial charge in [-0.15, -0.1) is 0 Å². The van der Waals surface area contributed by atoms with E-state index >= 15 is 0 Å². The fourth-order valence-electron chi connectivity index (χ4n) is 5.41. The average molecular weight is 447 g/mol. The highest BCUT2D eigenvalue weighted by Crippen LogP contribution is 2.31. The number of benzene rings is 1. The highest BCUT2D eigenvalue weighted by Gasteiger charge is 2.32. The van der Waals surface area contributed by atoms with E-state index in [1.165, 1.54) is 18.9 Å². The molecular weight excluding hydrogens is 411 g/mol. The lowest BCUT2D eigenvalue weighted by molar-refractivity contribution is -0.134. The number of imide groups is 1. The smallest absolute Gasteiger partial charge is 0.234 e. The van der Waals surface area contributed by atoms with E-state index in [0.29, 0.717) is 30.6 Å². The first kappa shape index (κ1) is 23.1. The molecule has 176 valence electrons. The second-order valence-electron chi connectivity index (χ2n) is 9.54. The molecule has 2 aliphatic heterocycles. The minimum Gasteiger partial charge on any atom is -0.383 e. The first-order valence-corrected chi connectivity index (χ1v) is 11.8. The number of ether oxygens (including phenoxy) is 1. The van der Waals surface area contributed by atoms with Gasteiger partial charge in [0.1, 0.15) is 5.82 Å². The Morgan fingerprint density at radius 1 is 1.16 bits per heavy atom. The van der Waals surface area contributed by atoms with E-state index in [2.05, 4.69) is 15.1 Å². The zero-order chi connectivity index (χ0) is 22.7. The predicted molar refractivity (Wildman–Crippen MR) is 121 cm³/mol. The van der Waals surface area contributed by atoms with Crippen molar-refractivity contribution < 1.29 is 18.7 Å². The van der Waals surface area contributed by atoms with Gasteiger partial charge in [-0.2, -0.15) is 0 Å². The van der Waals surface area contributed by atoms with Crippen molar-refractivity contribution in [1.29, 1.82) is 0 Å². The van der Waals surface area contributed by atoms with Crippen LogP contribution in [-0.2, 0) is 14.3 Å². The second-order valence-corrected chi connectivity index (χ2v) is 9.54. The highest BCUT2D eigenvalue weighted by molar-refractivity contribution is 6.01. The molecule has 2 heterocycles. The van der Waals surface area contributed by atoms with Crippen LogP contribution < -0.4 is 16.0 Å². The molecule has 1 aromatic rings. The van der Waals surface area contributed by atoms with Gasteiger partial charge in [0, 0.05) is 57.0 Å². The summed E-state index contributed by atoms with van der Waals surface area (Å²) in [6.45, 7) is 4.21. The lowest BCUT2D eigenvalue weighted by Gasteiger charge is -2.44. The molecule has 3 aliphatic rings. The van der Waals surface area contributed by atoms with Crippen molar-refractivity contribution in [3.05, 3.63) is 29.6 Å². The number of nitrogens with two attached hydrogens (primary N) is 1. The maximum absolute atomic E-state index is 15.0. The van der Waals surface area contributed by atoms with Gasteiger partial charge in [0.05, 0.1) is 18.6 Å². The van der Waals surface area contributed by atoms with E-state index < -0.39 is 11.8 Å². The third-order valence-corrected chi connectivity index (χ3v) is 7.31. The molecule has 32 heavy (non-hydrogen) atoms. The predicted octanol–water partition coefficient (Wildman–Crippen LogP) is 2.00. The van der Waals surface area contributed by atoms with Gasteiger partial charge in [0.2, 0.25) is 11.8 Å². The van der Waals surface area contributed by atoms with Gasteiger partial charge in [-0.25, -0.2) is 4.39 Å². The number of methoxy groups -OCH3 is 1. The van der Waals surface area contributed by atoms with Crippen LogP contribution in [0.4, 0.5) is 10.1 Å². The Hall–Kier alpha value is -2.03. The molecule has 3 N–H and O–H groups in total. The number of nitrogens with one attached hydrogen (secondary N) is 1. The van der Waals surface area contributed by atoms with Gasteiger partial charge in [-0.3, -0.25) is 19.8 Å². The number of hydrogen-bond acceptors (Lipinski definition) is 6. The van der Waals surface area contributed by atoms with Gasteiger partial charge in [-0.05, 0) is 50.2 Å². The second kappa shape index (κ2) is 10.3. The standard InChI is InChI=1S/C24H35FN4O3/c1-32-15-19-14-29(11-10-28(19)13-16-2-4-17(26)5-3-16)18-6-7-20(22(25)12-18)21-8-9-23(30)27-24(21)31/h6-7,12,16-17,19,21H,2-5,8-11,13-15,26H2,1H3,(H,27,30,31)/t16?,17?,19-,21?/m1/s1. The summed E-state index contributed by atoms with van der Waals surface area (Å²) in [5.41, 5.74) is 7.25. The zero-order valence-corrected chi connectivity index (χ0v) is 18.9. The molecule has 8 heteroatoms. The van der Waals surface area contributed by atoms with Gasteiger partial charge >= 0.3 is 0 Å². The summed E-state index contributed by atoms with van der Waals surface area (Å²) in [5, 5.41) is 2.31. The quantitative estimate of drug-likeness (QED) is 0.650. The molecule has 1 aromatic carbocycles. The Morgan fingerprint density at radius 2 is 1.94 bits per heavy atom. The number of carbonyl (C=O) groups is 2. The van der Waals surface area contributed by atoms with Crippen molar-refractivity contribution in [2.24, 2.45) is 11.7 Å². The van der Waals surface area contributed by atoms with Gasteiger partial charge in [0.15, 0.2) is 0 Å². The molecule has 1 unspecified atom stereocenters. The number of nitrogens with zero attached hydrogens (tertiary/aromatic N) is 2. The number of hydrogen-bond donors (Lipinski definition) is 2. The minimum atomic E-state index is -0.608. The molecule has 2 amide bonds. The lowest BCUT2D eigenvalue weighted by Crippen LogP contribution is -2.56. The summed E-state index contributed by atoms with van der Waals surface area (Å²) >= 11 is 0. The molecule has 0 radical (unpaired) electrons. The van der Waals surface area contributed by atoms with E-state index in [-0.39, 0.29) is 24.2 Å².